The molecule has 0 atom stereocenters. The summed E-state index contributed by atoms with van der Waals surface area (Å²) >= 11 is 6.69. The van der Waals surface area contributed by atoms with E-state index in [1.807, 2.05) is 0 Å². The van der Waals surface area contributed by atoms with Crippen LogP contribution in [0, 0.1) is 5.82 Å². The number of furan rings is 1. The Kier molecular flexibility index (Phi) is 7.45. The van der Waals surface area contributed by atoms with Gasteiger partial charge in [-0.05, 0) is 30.7 Å². The van der Waals surface area contributed by atoms with Crippen molar-refractivity contribution in [2.45, 2.75) is 45.4 Å². The molecule has 1 aromatic heterocycles. The summed E-state index contributed by atoms with van der Waals surface area (Å²) in [5, 5.41) is 0. The lowest BCUT2D eigenvalue weighted by molar-refractivity contribution is -0.122. The largest absolute Gasteiger partial charge is 0.457 e. The van der Waals surface area contributed by atoms with Gasteiger partial charge in [-0.2, -0.15) is 0 Å². The van der Waals surface area contributed by atoms with Crippen molar-refractivity contribution in [1.82, 2.24) is 4.90 Å². The topological polar surface area (TPSA) is 33.5 Å². The number of rotatable bonds is 9. The average Bonchev–Trinajstić information content (AvgIpc) is 3.24. The van der Waals surface area contributed by atoms with Crippen LogP contribution in [-0.4, -0.2) is 21.7 Å². The Morgan fingerprint density at radius 2 is 1.93 bits per heavy atom. The Bertz CT molecular complexity index is 875. The molecule has 3 rings (SSSR count). The molecule has 1 aromatic carbocycles. The maximum Gasteiger partial charge on any atom is 0.266 e. The molecule has 148 valence electrons. The zero-order valence-electron chi connectivity index (χ0n) is 15.9. The van der Waals surface area contributed by atoms with E-state index in [1.165, 1.54) is 49.6 Å². The predicted octanol–water partition coefficient (Wildman–Crippen LogP) is 6.65. The maximum absolute atomic E-state index is 13.4. The minimum Gasteiger partial charge on any atom is -0.457 e. The monoisotopic (exact) mass is 417 g/mol. The van der Waals surface area contributed by atoms with E-state index in [0.29, 0.717) is 32.9 Å². The Labute approximate surface area is 175 Å². The number of benzene rings is 1. The third-order valence-electron chi connectivity index (χ3n) is 4.62. The molecular weight excluding hydrogens is 393 g/mol. The third-order valence-corrected chi connectivity index (χ3v) is 6.00. The van der Waals surface area contributed by atoms with Crippen LogP contribution in [0.15, 0.2) is 45.7 Å². The molecule has 28 heavy (non-hydrogen) atoms. The fraction of sp³-hybridized carbons (Fsp3) is 0.364. The van der Waals surface area contributed by atoms with Gasteiger partial charge in [0.1, 0.15) is 21.7 Å². The van der Waals surface area contributed by atoms with Gasteiger partial charge in [-0.3, -0.25) is 9.69 Å². The van der Waals surface area contributed by atoms with Crippen molar-refractivity contribution in [3.63, 3.8) is 0 Å². The van der Waals surface area contributed by atoms with E-state index in [2.05, 4.69) is 6.92 Å². The summed E-state index contributed by atoms with van der Waals surface area (Å²) in [4.78, 5) is 14.9. The Morgan fingerprint density at radius 1 is 1.14 bits per heavy atom. The van der Waals surface area contributed by atoms with Gasteiger partial charge >= 0.3 is 0 Å². The number of amides is 1. The zero-order chi connectivity index (χ0) is 19.9. The number of halogens is 1. The minimum absolute atomic E-state index is 0.0627. The van der Waals surface area contributed by atoms with Crippen molar-refractivity contribution in [1.29, 1.82) is 0 Å². The molecule has 0 bridgehead atoms. The first-order chi connectivity index (χ1) is 13.6. The molecule has 2 aromatic rings. The lowest BCUT2D eigenvalue weighted by Crippen LogP contribution is -2.28. The van der Waals surface area contributed by atoms with Crippen molar-refractivity contribution in [3.05, 3.63) is 52.9 Å². The van der Waals surface area contributed by atoms with Crippen LogP contribution in [0.25, 0.3) is 17.4 Å². The number of hydrogen-bond acceptors (Lipinski definition) is 4. The summed E-state index contributed by atoms with van der Waals surface area (Å²) in [5.41, 5.74) is 0.662. The van der Waals surface area contributed by atoms with Crippen LogP contribution in [-0.2, 0) is 4.79 Å². The fourth-order valence-electron chi connectivity index (χ4n) is 3.10. The van der Waals surface area contributed by atoms with Gasteiger partial charge in [-0.15, -0.1) is 0 Å². The summed E-state index contributed by atoms with van der Waals surface area (Å²) in [5.74, 6) is 0.742. The van der Waals surface area contributed by atoms with Crippen LogP contribution in [0.1, 0.15) is 51.2 Å². The zero-order valence-corrected chi connectivity index (χ0v) is 17.6. The second-order valence-electron chi connectivity index (χ2n) is 6.81. The SMILES string of the molecule is CCCCCCCCN1C(=O)C(=Cc2ccc(-c3cccc(F)c3)o2)SC1=S. The van der Waals surface area contributed by atoms with Gasteiger partial charge in [-0.1, -0.05) is 75.1 Å². The molecule has 0 unspecified atom stereocenters. The average molecular weight is 418 g/mol. The summed E-state index contributed by atoms with van der Waals surface area (Å²) in [6.07, 6.45) is 8.74. The number of hydrogen-bond donors (Lipinski definition) is 0. The van der Waals surface area contributed by atoms with E-state index in [9.17, 15) is 9.18 Å². The van der Waals surface area contributed by atoms with Crippen LogP contribution in [0.5, 0.6) is 0 Å². The predicted molar refractivity (Wildman–Crippen MR) is 117 cm³/mol. The van der Waals surface area contributed by atoms with Gasteiger partial charge in [-0.25, -0.2) is 4.39 Å². The molecular formula is C22H24FNO2S2. The molecule has 1 saturated heterocycles. The third kappa shape index (κ3) is 5.32. The van der Waals surface area contributed by atoms with Crippen LogP contribution in [0.3, 0.4) is 0 Å². The smallest absolute Gasteiger partial charge is 0.266 e. The first kappa shape index (κ1) is 20.8. The van der Waals surface area contributed by atoms with E-state index in [0.717, 1.165) is 12.8 Å². The van der Waals surface area contributed by atoms with E-state index in [-0.39, 0.29) is 11.7 Å². The van der Waals surface area contributed by atoms with E-state index < -0.39 is 0 Å². The highest BCUT2D eigenvalue weighted by atomic mass is 32.2. The highest BCUT2D eigenvalue weighted by Gasteiger charge is 2.31. The Balaban J connectivity index is 1.60. The number of thiocarbonyl (C=S) groups is 1. The highest BCUT2D eigenvalue weighted by molar-refractivity contribution is 8.26. The molecule has 0 saturated carbocycles. The molecule has 1 aliphatic rings. The van der Waals surface area contributed by atoms with Crippen molar-refractivity contribution < 1.29 is 13.6 Å². The molecule has 1 aliphatic heterocycles. The quantitative estimate of drug-likeness (QED) is 0.260. The molecule has 1 amide bonds. The van der Waals surface area contributed by atoms with Gasteiger partial charge in [0.25, 0.3) is 5.91 Å². The van der Waals surface area contributed by atoms with Gasteiger partial charge in [0, 0.05) is 18.2 Å². The van der Waals surface area contributed by atoms with Crippen molar-refractivity contribution in [2.24, 2.45) is 0 Å². The second kappa shape index (κ2) is 10.0. The van der Waals surface area contributed by atoms with Crippen LogP contribution < -0.4 is 0 Å². The van der Waals surface area contributed by atoms with Gasteiger partial charge in [0.15, 0.2) is 0 Å². The van der Waals surface area contributed by atoms with Crippen LogP contribution >= 0.6 is 24.0 Å². The molecule has 0 N–H and O–H groups in total. The van der Waals surface area contributed by atoms with Crippen molar-refractivity contribution in [2.75, 3.05) is 6.54 Å². The summed E-state index contributed by atoms with van der Waals surface area (Å²) in [6.45, 7) is 2.87. The summed E-state index contributed by atoms with van der Waals surface area (Å²) < 4.78 is 19.8. The van der Waals surface area contributed by atoms with E-state index >= 15 is 0 Å². The van der Waals surface area contributed by atoms with Gasteiger partial charge in [0.2, 0.25) is 0 Å². The molecule has 0 spiro atoms. The molecule has 1 fully saturated rings. The van der Waals surface area contributed by atoms with Crippen LogP contribution in [0.2, 0.25) is 0 Å². The lowest BCUT2D eigenvalue weighted by Gasteiger charge is -2.13. The summed E-state index contributed by atoms with van der Waals surface area (Å²) in [6, 6.07) is 9.79. The second-order valence-corrected chi connectivity index (χ2v) is 8.49. The van der Waals surface area contributed by atoms with Crippen molar-refractivity contribution in [3.8, 4) is 11.3 Å². The highest BCUT2D eigenvalue weighted by Crippen LogP contribution is 2.34. The molecule has 3 nitrogen and oxygen atoms in total. The number of carbonyl (C=O) groups excluding carboxylic acids is 1. The lowest BCUT2D eigenvalue weighted by atomic mass is 10.1. The molecule has 0 aliphatic carbocycles. The molecule has 6 heteroatoms. The number of carbonyl (C=O) groups is 1. The van der Waals surface area contributed by atoms with Gasteiger partial charge < -0.3 is 4.42 Å². The first-order valence-electron chi connectivity index (χ1n) is 9.69. The number of nitrogens with zero attached hydrogens (tertiary/aromatic N) is 1. The summed E-state index contributed by atoms with van der Waals surface area (Å²) in [7, 11) is 0. The fourth-order valence-corrected chi connectivity index (χ4v) is 4.39. The van der Waals surface area contributed by atoms with E-state index in [4.69, 9.17) is 16.6 Å². The Hall–Kier alpha value is -1.92. The molecule has 2 heterocycles. The van der Waals surface area contributed by atoms with Gasteiger partial charge in [0.05, 0.1) is 4.91 Å². The van der Waals surface area contributed by atoms with E-state index in [1.54, 1.807) is 35.2 Å². The number of thioether (sulfide) groups is 1. The Morgan fingerprint density at radius 3 is 2.71 bits per heavy atom. The first-order valence-corrected chi connectivity index (χ1v) is 10.9. The molecule has 0 radical (unpaired) electrons. The normalized spacial score (nSPS) is 15.8. The minimum atomic E-state index is -0.314. The van der Waals surface area contributed by atoms with Crippen molar-refractivity contribution >= 4 is 40.3 Å². The van der Waals surface area contributed by atoms with Crippen LogP contribution in [0.4, 0.5) is 4.39 Å². The number of unbranched alkanes of at least 4 members (excludes halogenated alkanes) is 5. The standard InChI is InChI=1S/C22H24FNO2S2/c1-2-3-4-5-6-7-13-24-21(25)20(28-22(24)27)15-18-11-12-19(26-18)16-9-8-10-17(23)14-16/h8-12,14-15H,2-7,13H2,1H3. The maximum atomic E-state index is 13.4.